The molecule has 3 rings (SSSR count). The van der Waals surface area contributed by atoms with Gasteiger partial charge in [-0.2, -0.15) is 26.3 Å². The predicted molar refractivity (Wildman–Crippen MR) is 106 cm³/mol. The van der Waals surface area contributed by atoms with E-state index in [1.165, 1.54) is 6.07 Å². The highest BCUT2D eigenvalue weighted by Crippen LogP contribution is 2.39. The normalized spacial score (nSPS) is 12.6. The van der Waals surface area contributed by atoms with Crippen molar-refractivity contribution in [1.82, 2.24) is 0 Å². The Morgan fingerprint density at radius 2 is 1.41 bits per heavy atom. The standard InChI is InChI=1S/C19H12F6N2O3S2/c20-18(21,22)11-6-12(19(23,24)25)8-13(7-11)32(29,30)27-14-9-15(31-16(14)17(26)28)10-4-2-1-3-5-10/h1-9,27H,(H2,26,28). The average molecular weight is 494 g/mol. The number of benzene rings is 2. The number of hydrogen-bond acceptors (Lipinski definition) is 4. The SMILES string of the molecule is NC(=O)c1sc(-c2ccccc2)cc1NS(=O)(=O)c1cc(C(F)(F)F)cc(C(F)(F)F)c1. The van der Waals surface area contributed by atoms with Gasteiger partial charge in [0.1, 0.15) is 4.88 Å². The number of carbonyl (C=O) groups excluding carboxylic acids is 1. The Balaban J connectivity index is 2.10. The van der Waals surface area contributed by atoms with E-state index in [0.29, 0.717) is 10.4 Å². The number of thiophene rings is 1. The van der Waals surface area contributed by atoms with Gasteiger partial charge in [0.15, 0.2) is 0 Å². The van der Waals surface area contributed by atoms with Crippen LogP contribution in [0.15, 0.2) is 59.5 Å². The molecule has 0 saturated heterocycles. The van der Waals surface area contributed by atoms with E-state index < -0.39 is 44.3 Å². The summed E-state index contributed by atoms with van der Waals surface area (Å²) in [7, 11) is -4.95. The lowest BCUT2D eigenvalue weighted by atomic mass is 10.1. The highest BCUT2D eigenvalue weighted by molar-refractivity contribution is 7.92. The summed E-state index contributed by atoms with van der Waals surface area (Å²) in [5.74, 6) is -1.03. The number of rotatable bonds is 5. The molecule has 13 heteroatoms. The van der Waals surface area contributed by atoms with Crippen LogP contribution in [0, 0.1) is 0 Å². The molecule has 1 amide bonds. The first-order valence-corrected chi connectivity index (χ1v) is 10.8. The maximum atomic E-state index is 13.1. The van der Waals surface area contributed by atoms with Crippen LogP contribution in [0.3, 0.4) is 0 Å². The summed E-state index contributed by atoms with van der Waals surface area (Å²) in [6.07, 6.45) is -10.5. The summed E-state index contributed by atoms with van der Waals surface area (Å²) in [4.78, 5) is 10.6. The third-order valence-electron chi connectivity index (χ3n) is 4.13. The van der Waals surface area contributed by atoms with Crippen molar-refractivity contribution in [3.63, 3.8) is 0 Å². The highest BCUT2D eigenvalue weighted by atomic mass is 32.2. The second-order valence-electron chi connectivity index (χ2n) is 6.43. The molecule has 0 fully saturated rings. The quantitative estimate of drug-likeness (QED) is 0.469. The van der Waals surface area contributed by atoms with E-state index in [0.717, 1.165) is 11.3 Å². The molecule has 1 aromatic heterocycles. The lowest BCUT2D eigenvalue weighted by Crippen LogP contribution is -2.19. The lowest BCUT2D eigenvalue weighted by Gasteiger charge is -2.15. The third-order valence-corrected chi connectivity index (χ3v) is 6.67. The van der Waals surface area contributed by atoms with Gasteiger partial charge in [0.2, 0.25) is 0 Å². The van der Waals surface area contributed by atoms with Gasteiger partial charge >= 0.3 is 12.4 Å². The first kappa shape index (κ1) is 23.6. The minimum Gasteiger partial charge on any atom is -0.365 e. The van der Waals surface area contributed by atoms with Gasteiger partial charge in [-0.1, -0.05) is 30.3 Å². The highest BCUT2D eigenvalue weighted by Gasteiger charge is 2.38. The lowest BCUT2D eigenvalue weighted by molar-refractivity contribution is -0.143. The fourth-order valence-corrected chi connectivity index (χ4v) is 4.85. The topological polar surface area (TPSA) is 89.3 Å². The molecule has 5 nitrogen and oxygen atoms in total. The molecule has 3 N–H and O–H groups in total. The largest absolute Gasteiger partial charge is 0.416 e. The zero-order valence-electron chi connectivity index (χ0n) is 15.6. The van der Waals surface area contributed by atoms with Gasteiger partial charge in [-0.05, 0) is 29.8 Å². The first-order chi connectivity index (χ1) is 14.7. The van der Waals surface area contributed by atoms with Crippen molar-refractivity contribution in [1.29, 1.82) is 0 Å². The molecule has 0 radical (unpaired) electrons. The van der Waals surface area contributed by atoms with Gasteiger partial charge in [0.25, 0.3) is 15.9 Å². The van der Waals surface area contributed by atoms with Crippen molar-refractivity contribution in [3.05, 3.63) is 70.6 Å². The zero-order chi connectivity index (χ0) is 23.9. The second-order valence-corrected chi connectivity index (χ2v) is 9.17. The summed E-state index contributed by atoms with van der Waals surface area (Å²) in [6.45, 7) is 0. The number of anilines is 1. The summed E-state index contributed by atoms with van der Waals surface area (Å²) in [5, 5.41) is 0. The molecule has 0 atom stereocenters. The summed E-state index contributed by atoms with van der Waals surface area (Å²) < 4.78 is 106. The summed E-state index contributed by atoms with van der Waals surface area (Å²) in [6, 6.07) is 9.53. The van der Waals surface area contributed by atoms with Crippen molar-refractivity contribution < 1.29 is 39.6 Å². The number of amides is 1. The molecular weight excluding hydrogens is 482 g/mol. The van der Waals surface area contributed by atoms with Crippen LogP contribution in [0.2, 0.25) is 0 Å². The van der Waals surface area contributed by atoms with Crippen LogP contribution in [0.4, 0.5) is 32.0 Å². The van der Waals surface area contributed by atoms with Crippen molar-refractivity contribution in [2.24, 2.45) is 5.73 Å². The number of alkyl halides is 6. The Morgan fingerprint density at radius 1 is 0.875 bits per heavy atom. The molecule has 0 aliphatic carbocycles. The number of halogens is 6. The van der Waals surface area contributed by atoms with Crippen LogP contribution < -0.4 is 10.5 Å². The van der Waals surface area contributed by atoms with Crippen LogP contribution in [0.25, 0.3) is 10.4 Å². The first-order valence-electron chi connectivity index (χ1n) is 8.50. The van der Waals surface area contributed by atoms with Gasteiger partial charge in [0.05, 0.1) is 21.7 Å². The molecule has 170 valence electrons. The molecule has 0 bridgehead atoms. The minimum atomic E-state index is -5.23. The molecule has 0 unspecified atom stereocenters. The van der Waals surface area contributed by atoms with Gasteiger partial charge in [-0.3, -0.25) is 9.52 Å². The van der Waals surface area contributed by atoms with Gasteiger partial charge in [-0.25, -0.2) is 8.42 Å². The maximum absolute atomic E-state index is 13.1. The Labute approximate surface area is 181 Å². The maximum Gasteiger partial charge on any atom is 0.416 e. The molecule has 32 heavy (non-hydrogen) atoms. The molecule has 2 aromatic carbocycles. The van der Waals surface area contributed by atoms with E-state index in [-0.39, 0.29) is 28.8 Å². The third kappa shape index (κ3) is 5.05. The zero-order valence-corrected chi connectivity index (χ0v) is 17.2. The van der Waals surface area contributed by atoms with E-state index in [1.54, 1.807) is 30.3 Å². The smallest absolute Gasteiger partial charge is 0.365 e. The van der Waals surface area contributed by atoms with Gasteiger partial charge in [-0.15, -0.1) is 11.3 Å². The van der Waals surface area contributed by atoms with Crippen molar-refractivity contribution in [2.75, 3.05) is 4.72 Å². The van der Waals surface area contributed by atoms with Crippen molar-refractivity contribution in [3.8, 4) is 10.4 Å². The van der Waals surface area contributed by atoms with E-state index in [2.05, 4.69) is 0 Å². The predicted octanol–water partition coefficient (Wildman–Crippen LogP) is 5.35. The molecule has 0 saturated carbocycles. The van der Waals surface area contributed by atoms with E-state index in [1.807, 2.05) is 4.72 Å². The van der Waals surface area contributed by atoms with Crippen molar-refractivity contribution >= 4 is 33.0 Å². The molecule has 1 heterocycles. The van der Waals surface area contributed by atoms with Crippen LogP contribution in [0.5, 0.6) is 0 Å². The summed E-state index contributed by atoms with van der Waals surface area (Å²) in [5.41, 5.74) is 1.90. The Kier molecular flexibility index (Phi) is 6.00. The number of primary amides is 1. The van der Waals surface area contributed by atoms with Gasteiger partial charge in [0, 0.05) is 4.88 Å². The minimum absolute atomic E-state index is 0.0754. The van der Waals surface area contributed by atoms with Crippen molar-refractivity contribution in [2.45, 2.75) is 17.2 Å². The van der Waals surface area contributed by atoms with Crippen LogP contribution in [-0.4, -0.2) is 14.3 Å². The Morgan fingerprint density at radius 3 is 1.88 bits per heavy atom. The number of nitrogens with two attached hydrogens (primary N) is 1. The van der Waals surface area contributed by atoms with Gasteiger partial charge < -0.3 is 5.73 Å². The molecule has 3 aromatic rings. The molecular formula is C19H12F6N2O3S2. The van der Waals surface area contributed by atoms with E-state index >= 15 is 0 Å². The molecule has 0 aliphatic heterocycles. The number of hydrogen-bond donors (Lipinski definition) is 2. The average Bonchev–Trinajstić information content (AvgIpc) is 3.10. The van der Waals surface area contributed by atoms with Crippen LogP contribution >= 0.6 is 11.3 Å². The Hall–Kier alpha value is -3.06. The monoisotopic (exact) mass is 494 g/mol. The fraction of sp³-hybridized carbons (Fsp3) is 0.105. The van der Waals surface area contributed by atoms with E-state index in [4.69, 9.17) is 5.73 Å². The van der Waals surface area contributed by atoms with Crippen LogP contribution in [-0.2, 0) is 22.4 Å². The fourth-order valence-electron chi connectivity index (χ4n) is 2.68. The van der Waals surface area contributed by atoms with E-state index in [9.17, 15) is 39.6 Å². The molecule has 0 spiro atoms. The Bertz CT molecular complexity index is 1230. The second kappa shape index (κ2) is 8.13. The number of carbonyl (C=O) groups is 1. The van der Waals surface area contributed by atoms with Crippen LogP contribution in [0.1, 0.15) is 20.8 Å². The summed E-state index contributed by atoms with van der Waals surface area (Å²) >= 11 is 0.810. The number of nitrogens with one attached hydrogen (secondary N) is 1. The molecule has 0 aliphatic rings. The number of sulfonamides is 1.